The van der Waals surface area contributed by atoms with Gasteiger partial charge >= 0.3 is 0 Å². The molecular weight excluding hydrogens is 436 g/mol. The summed E-state index contributed by atoms with van der Waals surface area (Å²) in [5, 5.41) is 12.8. The van der Waals surface area contributed by atoms with Crippen molar-refractivity contribution in [3.8, 4) is 5.75 Å². The van der Waals surface area contributed by atoms with Crippen molar-refractivity contribution in [2.45, 2.75) is 59.0 Å². The minimum Gasteiger partial charge on any atom is -0.503 e. The molecule has 0 radical (unpaired) electrons. The molecule has 1 fully saturated rings. The third-order valence-electron chi connectivity index (χ3n) is 5.48. The van der Waals surface area contributed by atoms with Crippen LogP contribution in [0.1, 0.15) is 60.0 Å². The number of carbonyl (C=O) groups excluding carboxylic acids is 2. The molecule has 2 unspecified atom stereocenters. The average molecular weight is 463 g/mol. The first kappa shape index (κ1) is 24.4. The molecule has 0 bridgehead atoms. The van der Waals surface area contributed by atoms with Crippen LogP contribution in [-0.2, 0) is 17.8 Å². The molecule has 4 rings (SSSR count). The number of pyridine rings is 1. The fourth-order valence-electron chi connectivity index (χ4n) is 3.93. The number of rotatable bonds is 5. The van der Waals surface area contributed by atoms with Gasteiger partial charge in [-0.1, -0.05) is 33.3 Å². The zero-order chi connectivity index (χ0) is 24.3. The molecule has 2 N–H and O–H groups in total. The molecule has 2 amide bonds. The summed E-state index contributed by atoms with van der Waals surface area (Å²) < 4.78 is 34.0. The molecule has 0 aliphatic carbocycles. The smallest absolute Gasteiger partial charge is 0.276 e. The van der Waals surface area contributed by atoms with E-state index in [9.17, 15) is 28.3 Å². The number of benzene rings is 1. The lowest BCUT2D eigenvalue weighted by Crippen LogP contribution is -2.46. The van der Waals surface area contributed by atoms with E-state index < -0.39 is 46.4 Å². The molecule has 3 heterocycles. The summed E-state index contributed by atoms with van der Waals surface area (Å²) >= 11 is 0. The maximum absolute atomic E-state index is 13.8. The van der Waals surface area contributed by atoms with Crippen LogP contribution in [-0.4, -0.2) is 45.3 Å². The summed E-state index contributed by atoms with van der Waals surface area (Å²) in [5.74, 6) is -3.80. The third-order valence-corrected chi connectivity index (χ3v) is 5.48. The van der Waals surface area contributed by atoms with Crippen LogP contribution < -0.4 is 10.7 Å². The number of hydrogen-bond acceptors (Lipinski definition) is 5. The zero-order valence-corrected chi connectivity index (χ0v) is 18.7. The summed E-state index contributed by atoms with van der Waals surface area (Å²) in [6.07, 6.45) is 2.17. The van der Waals surface area contributed by atoms with Crippen molar-refractivity contribution < 1.29 is 28.2 Å². The van der Waals surface area contributed by atoms with Crippen molar-refractivity contribution in [3.05, 3.63) is 63.1 Å². The quantitative estimate of drug-likeness (QED) is 0.710. The topological polar surface area (TPSA) is 101 Å². The molecule has 33 heavy (non-hydrogen) atoms. The average Bonchev–Trinajstić information content (AvgIpc) is 3.20. The summed E-state index contributed by atoms with van der Waals surface area (Å²) in [7, 11) is 0. The Kier molecular flexibility index (Phi) is 7.47. The molecule has 178 valence electrons. The monoisotopic (exact) mass is 463 g/mol. The highest BCUT2D eigenvalue weighted by atomic mass is 19.1. The van der Waals surface area contributed by atoms with Gasteiger partial charge < -0.3 is 24.6 Å². The Labute approximate surface area is 189 Å². The fraction of sp³-hybridized carbons (Fsp3) is 0.435. The van der Waals surface area contributed by atoms with Gasteiger partial charge in [-0.25, -0.2) is 8.78 Å². The molecular formula is C23H27F2N3O5. The van der Waals surface area contributed by atoms with Gasteiger partial charge in [0, 0.05) is 30.9 Å². The molecule has 2 atom stereocenters. The predicted octanol–water partition coefficient (Wildman–Crippen LogP) is 2.77. The largest absolute Gasteiger partial charge is 0.503 e. The Morgan fingerprint density at radius 1 is 1.24 bits per heavy atom. The molecule has 2 aliphatic heterocycles. The van der Waals surface area contributed by atoms with E-state index in [0.717, 1.165) is 18.9 Å². The van der Waals surface area contributed by atoms with Crippen molar-refractivity contribution in [2.75, 3.05) is 6.54 Å². The number of amides is 2. The Bertz CT molecular complexity index is 1120. The highest BCUT2D eigenvalue weighted by molar-refractivity contribution is 5.99. The second-order valence-corrected chi connectivity index (χ2v) is 7.60. The Morgan fingerprint density at radius 3 is 2.64 bits per heavy atom. The first-order valence-electron chi connectivity index (χ1n) is 10.9. The van der Waals surface area contributed by atoms with Crippen LogP contribution in [0.2, 0.25) is 0 Å². The summed E-state index contributed by atoms with van der Waals surface area (Å²) in [6, 6.07) is 2.92. The minimum absolute atomic E-state index is 0.0316. The highest BCUT2D eigenvalue weighted by Gasteiger charge is 2.42. The number of nitrogens with zero attached hydrogens (tertiary/aromatic N) is 2. The minimum atomic E-state index is -1.000. The van der Waals surface area contributed by atoms with Crippen LogP contribution in [0.4, 0.5) is 8.78 Å². The van der Waals surface area contributed by atoms with Crippen LogP contribution in [0, 0.1) is 11.6 Å². The lowest BCUT2D eigenvalue weighted by Gasteiger charge is -2.31. The van der Waals surface area contributed by atoms with E-state index in [1.54, 1.807) is 0 Å². The molecule has 0 spiro atoms. The van der Waals surface area contributed by atoms with E-state index in [2.05, 4.69) is 5.32 Å². The second kappa shape index (κ2) is 10.1. The molecule has 0 saturated carbocycles. The summed E-state index contributed by atoms with van der Waals surface area (Å²) in [5.41, 5.74) is -1.55. The number of aromatic nitrogens is 1. The number of nitrogens with one attached hydrogen (secondary N) is 1. The molecule has 10 heteroatoms. The maximum atomic E-state index is 13.8. The van der Waals surface area contributed by atoms with E-state index in [1.165, 1.54) is 21.7 Å². The van der Waals surface area contributed by atoms with Crippen LogP contribution >= 0.6 is 0 Å². The van der Waals surface area contributed by atoms with Gasteiger partial charge in [-0.2, -0.15) is 0 Å². The normalized spacial score (nSPS) is 18.8. The lowest BCUT2D eigenvalue weighted by molar-refractivity contribution is -0.0165. The van der Waals surface area contributed by atoms with Crippen LogP contribution in [0.3, 0.4) is 0 Å². The number of halogens is 2. The van der Waals surface area contributed by atoms with Crippen LogP contribution in [0.5, 0.6) is 5.75 Å². The lowest BCUT2D eigenvalue weighted by atomic mass is 10.1. The first-order valence-corrected chi connectivity index (χ1v) is 10.9. The highest BCUT2D eigenvalue weighted by Crippen LogP contribution is 2.30. The number of fused-ring (bicyclic) bond motifs is 2. The Morgan fingerprint density at radius 2 is 1.97 bits per heavy atom. The van der Waals surface area contributed by atoms with Crippen molar-refractivity contribution in [1.29, 1.82) is 0 Å². The molecule has 1 aromatic carbocycles. The van der Waals surface area contributed by atoms with E-state index in [1.807, 2.05) is 20.8 Å². The van der Waals surface area contributed by atoms with Gasteiger partial charge in [-0.3, -0.25) is 14.4 Å². The van der Waals surface area contributed by atoms with Gasteiger partial charge in [0.05, 0.1) is 12.6 Å². The number of hydrogen-bond donors (Lipinski definition) is 2. The van der Waals surface area contributed by atoms with Gasteiger partial charge in [0.1, 0.15) is 17.2 Å². The van der Waals surface area contributed by atoms with Gasteiger partial charge in [0.15, 0.2) is 17.7 Å². The molecule has 8 nitrogen and oxygen atoms in total. The third kappa shape index (κ3) is 4.75. The van der Waals surface area contributed by atoms with Crippen LogP contribution in [0.25, 0.3) is 0 Å². The number of aromatic hydroxyl groups is 1. The summed E-state index contributed by atoms with van der Waals surface area (Å²) in [6.45, 7) is 6.24. The first-order chi connectivity index (χ1) is 15.8. The van der Waals surface area contributed by atoms with Gasteiger partial charge in [-0.15, -0.1) is 0 Å². The van der Waals surface area contributed by atoms with Gasteiger partial charge in [0.25, 0.3) is 11.8 Å². The van der Waals surface area contributed by atoms with Crippen LogP contribution in [0.15, 0.2) is 29.2 Å². The fourth-order valence-corrected chi connectivity index (χ4v) is 3.93. The Balaban J connectivity index is 0.00000149. The van der Waals surface area contributed by atoms with Crippen molar-refractivity contribution in [3.63, 3.8) is 0 Å². The van der Waals surface area contributed by atoms with Crippen molar-refractivity contribution >= 4 is 11.8 Å². The molecule has 2 aromatic rings. The molecule has 1 aromatic heterocycles. The van der Waals surface area contributed by atoms with Gasteiger partial charge in [-0.05, 0) is 12.5 Å². The van der Waals surface area contributed by atoms with Crippen molar-refractivity contribution in [2.24, 2.45) is 0 Å². The standard InChI is InChI=1S/C21H21F2N3O5.C2H6/c1-2-3-13-8-26-16(31-13)10-25-9-14(18(27)19(28)17(25)21(26)30)20(29)24-7-11-4-5-12(22)6-15(11)23;1-2/h4-6,9,13,16,28H,2-3,7-8,10H2,1H3,(H,24,29);1-2H3. The van der Waals surface area contributed by atoms with E-state index in [4.69, 9.17) is 4.74 Å². The maximum Gasteiger partial charge on any atom is 0.276 e. The molecule has 1 saturated heterocycles. The molecule has 2 aliphatic rings. The Hall–Kier alpha value is -3.27. The van der Waals surface area contributed by atoms with E-state index in [0.29, 0.717) is 12.6 Å². The number of ether oxygens (including phenoxy) is 1. The van der Waals surface area contributed by atoms with Crippen molar-refractivity contribution in [1.82, 2.24) is 14.8 Å². The number of carbonyl (C=O) groups is 2. The second-order valence-electron chi connectivity index (χ2n) is 7.60. The summed E-state index contributed by atoms with van der Waals surface area (Å²) in [4.78, 5) is 39.4. The predicted molar refractivity (Wildman–Crippen MR) is 116 cm³/mol. The van der Waals surface area contributed by atoms with E-state index in [-0.39, 0.29) is 30.5 Å². The van der Waals surface area contributed by atoms with E-state index >= 15 is 0 Å². The zero-order valence-electron chi connectivity index (χ0n) is 18.7. The van der Waals surface area contributed by atoms with Gasteiger partial charge in [0.2, 0.25) is 5.43 Å². The SMILES string of the molecule is CC.CCCC1CN2C(=O)c3c(O)c(=O)c(C(=O)NCc4ccc(F)cc4F)cn3CC2O1.